The molecule has 1 aliphatic carbocycles. The van der Waals surface area contributed by atoms with Crippen LogP contribution in [0.2, 0.25) is 0 Å². The van der Waals surface area contributed by atoms with E-state index in [-0.39, 0.29) is 6.61 Å². The van der Waals surface area contributed by atoms with Gasteiger partial charge in [-0.25, -0.2) is 9.97 Å². The zero-order valence-corrected chi connectivity index (χ0v) is 12.9. The van der Waals surface area contributed by atoms with Crippen LogP contribution in [-0.4, -0.2) is 34.8 Å². The summed E-state index contributed by atoms with van der Waals surface area (Å²) in [5.74, 6) is 1.77. The molecule has 20 heavy (non-hydrogen) atoms. The van der Waals surface area contributed by atoms with Gasteiger partial charge in [-0.2, -0.15) is 0 Å². The first-order valence-corrected chi connectivity index (χ1v) is 8.17. The summed E-state index contributed by atoms with van der Waals surface area (Å²) in [5, 5.41) is 10.5. The van der Waals surface area contributed by atoms with Crippen molar-refractivity contribution in [2.75, 3.05) is 24.6 Å². The van der Waals surface area contributed by atoms with Gasteiger partial charge >= 0.3 is 0 Å². The Balaban J connectivity index is 2.13. The first-order valence-electron chi connectivity index (χ1n) is 7.35. The number of likely N-dealkylation sites (N-methyl/N-ethyl adjacent to an activating group) is 1. The highest BCUT2D eigenvalue weighted by molar-refractivity contribution is 7.19. The van der Waals surface area contributed by atoms with Gasteiger partial charge in [-0.1, -0.05) is 6.92 Å². The molecule has 0 fully saturated rings. The van der Waals surface area contributed by atoms with Gasteiger partial charge in [0.1, 0.15) is 17.0 Å². The molecule has 3 rings (SSSR count). The number of aryl methyl sites for hydroxylation is 1. The lowest BCUT2D eigenvalue weighted by Gasteiger charge is -2.23. The van der Waals surface area contributed by atoms with Crippen molar-refractivity contribution in [2.45, 2.75) is 33.1 Å². The lowest BCUT2D eigenvalue weighted by atomic mass is 9.89. The van der Waals surface area contributed by atoms with Crippen LogP contribution in [0.25, 0.3) is 10.2 Å². The number of fused-ring (bicyclic) bond motifs is 3. The summed E-state index contributed by atoms with van der Waals surface area (Å²) in [5.41, 5.74) is 1.45. The van der Waals surface area contributed by atoms with Gasteiger partial charge in [0.05, 0.1) is 12.0 Å². The van der Waals surface area contributed by atoms with Crippen molar-refractivity contribution in [1.29, 1.82) is 0 Å². The molecule has 0 aromatic carbocycles. The Morgan fingerprint density at radius 2 is 2.30 bits per heavy atom. The van der Waals surface area contributed by atoms with Crippen molar-refractivity contribution in [3.63, 3.8) is 0 Å². The van der Waals surface area contributed by atoms with E-state index in [0.717, 1.165) is 29.5 Å². The average molecular weight is 291 g/mol. The van der Waals surface area contributed by atoms with Crippen molar-refractivity contribution in [1.82, 2.24) is 9.97 Å². The van der Waals surface area contributed by atoms with Crippen molar-refractivity contribution in [3.05, 3.63) is 16.8 Å². The zero-order valence-electron chi connectivity index (χ0n) is 12.1. The van der Waals surface area contributed by atoms with Crippen molar-refractivity contribution in [3.8, 4) is 0 Å². The Morgan fingerprint density at radius 1 is 1.45 bits per heavy atom. The van der Waals surface area contributed by atoms with E-state index >= 15 is 0 Å². The van der Waals surface area contributed by atoms with E-state index in [9.17, 15) is 5.11 Å². The third-order valence-electron chi connectivity index (χ3n) is 4.12. The van der Waals surface area contributed by atoms with Gasteiger partial charge in [0.2, 0.25) is 0 Å². The number of rotatable bonds is 4. The van der Waals surface area contributed by atoms with Crippen LogP contribution in [0.1, 0.15) is 30.7 Å². The Morgan fingerprint density at radius 3 is 3.05 bits per heavy atom. The topological polar surface area (TPSA) is 49.2 Å². The predicted octanol–water partition coefficient (Wildman–Crippen LogP) is 2.63. The van der Waals surface area contributed by atoms with Gasteiger partial charge in [-0.15, -0.1) is 11.3 Å². The van der Waals surface area contributed by atoms with Crippen LogP contribution in [0.3, 0.4) is 0 Å². The summed E-state index contributed by atoms with van der Waals surface area (Å²) in [7, 11) is 0. The second kappa shape index (κ2) is 5.66. The minimum absolute atomic E-state index is 0.155. The number of aliphatic hydroxyl groups excluding tert-OH is 1. The Bertz CT molecular complexity index is 610. The summed E-state index contributed by atoms with van der Waals surface area (Å²) in [4.78, 5) is 13.7. The van der Waals surface area contributed by atoms with E-state index in [0.29, 0.717) is 6.54 Å². The van der Waals surface area contributed by atoms with Gasteiger partial charge in [-0.3, -0.25) is 0 Å². The Labute approximate surface area is 123 Å². The number of nitrogens with zero attached hydrogens (tertiary/aromatic N) is 3. The highest BCUT2D eigenvalue weighted by Gasteiger charge is 2.24. The first kappa shape index (κ1) is 13.8. The maximum Gasteiger partial charge on any atom is 0.141 e. The molecule has 2 heterocycles. The van der Waals surface area contributed by atoms with Gasteiger partial charge in [0.25, 0.3) is 0 Å². The number of hydrogen-bond donors (Lipinski definition) is 1. The van der Waals surface area contributed by atoms with Crippen LogP contribution in [0.15, 0.2) is 6.33 Å². The number of anilines is 1. The lowest BCUT2D eigenvalue weighted by Crippen LogP contribution is -2.27. The smallest absolute Gasteiger partial charge is 0.141 e. The van der Waals surface area contributed by atoms with Crippen LogP contribution in [0.4, 0.5) is 5.82 Å². The molecule has 0 saturated carbocycles. The van der Waals surface area contributed by atoms with Crippen molar-refractivity contribution < 1.29 is 5.11 Å². The maximum atomic E-state index is 9.24. The Kier molecular flexibility index (Phi) is 3.89. The molecular weight excluding hydrogens is 270 g/mol. The molecule has 2 aromatic rings. The lowest BCUT2D eigenvalue weighted by molar-refractivity contribution is 0.302. The van der Waals surface area contributed by atoms with E-state index in [1.54, 1.807) is 6.33 Å². The van der Waals surface area contributed by atoms with E-state index < -0.39 is 0 Å². The molecule has 1 N–H and O–H groups in total. The average Bonchev–Trinajstić information content (AvgIpc) is 2.82. The highest BCUT2D eigenvalue weighted by Crippen LogP contribution is 2.40. The van der Waals surface area contributed by atoms with Gasteiger partial charge in [0.15, 0.2) is 0 Å². The summed E-state index contributed by atoms with van der Waals surface area (Å²) in [6.07, 6.45) is 5.21. The number of aromatic nitrogens is 2. The Hall–Kier alpha value is -1.20. The second-order valence-electron chi connectivity index (χ2n) is 5.53. The van der Waals surface area contributed by atoms with E-state index in [4.69, 9.17) is 0 Å². The van der Waals surface area contributed by atoms with Gasteiger partial charge < -0.3 is 10.0 Å². The van der Waals surface area contributed by atoms with E-state index in [1.807, 2.05) is 11.3 Å². The summed E-state index contributed by atoms with van der Waals surface area (Å²) < 4.78 is 0. The van der Waals surface area contributed by atoms with Crippen LogP contribution < -0.4 is 4.90 Å². The van der Waals surface area contributed by atoms with E-state index in [1.165, 1.54) is 28.7 Å². The number of aliphatic hydroxyl groups is 1. The standard InChI is InChI=1S/C15H21N3OS/c1-3-18(6-7-19)14-13-11-5-4-10(2)8-12(11)20-15(13)17-9-16-14/h9-10,19H,3-8H2,1-2H3/t10-/m1/s1. The molecule has 5 heteroatoms. The molecule has 0 radical (unpaired) electrons. The number of thiophene rings is 1. The van der Waals surface area contributed by atoms with Gasteiger partial charge in [0, 0.05) is 18.0 Å². The molecule has 4 nitrogen and oxygen atoms in total. The monoisotopic (exact) mass is 291 g/mol. The second-order valence-corrected chi connectivity index (χ2v) is 6.62. The molecule has 0 saturated heterocycles. The van der Waals surface area contributed by atoms with Crippen LogP contribution in [0.5, 0.6) is 0 Å². The minimum Gasteiger partial charge on any atom is -0.395 e. The highest BCUT2D eigenvalue weighted by atomic mass is 32.1. The molecular formula is C15H21N3OS. The minimum atomic E-state index is 0.155. The summed E-state index contributed by atoms with van der Waals surface area (Å²) in [6, 6.07) is 0. The molecule has 0 amide bonds. The fraction of sp³-hybridized carbons (Fsp3) is 0.600. The van der Waals surface area contributed by atoms with Crippen LogP contribution >= 0.6 is 11.3 Å². The molecule has 0 unspecified atom stereocenters. The molecule has 1 atom stereocenters. The largest absolute Gasteiger partial charge is 0.395 e. The molecule has 2 aromatic heterocycles. The molecule has 1 aliphatic rings. The molecule has 108 valence electrons. The molecule has 0 bridgehead atoms. The quantitative estimate of drug-likeness (QED) is 0.941. The molecule has 0 aliphatic heterocycles. The SMILES string of the molecule is CCN(CCO)c1ncnc2sc3c(c12)CC[C@@H](C)C3. The fourth-order valence-electron chi connectivity index (χ4n) is 3.03. The van der Waals surface area contributed by atoms with Crippen LogP contribution in [-0.2, 0) is 12.8 Å². The van der Waals surface area contributed by atoms with E-state index in [2.05, 4.69) is 28.7 Å². The first-order chi connectivity index (χ1) is 9.74. The third-order valence-corrected chi connectivity index (χ3v) is 5.29. The molecule has 0 spiro atoms. The third kappa shape index (κ3) is 2.29. The predicted molar refractivity (Wildman–Crippen MR) is 83.6 cm³/mol. The zero-order chi connectivity index (χ0) is 14.1. The number of hydrogen-bond acceptors (Lipinski definition) is 5. The van der Waals surface area contributed by atoms with Crippen LogP contribution in [0, 0.1) is 5.92 Å². The summed E-state index contributed by atoms with van der Waals surface area (Å²) in [6.45, 7) is 6.06. The van der Waals surface area contributed by atoms with Gasteiger partial charge in [-0.05, 0) is 37.7 Å². The normalized spacial score (nSPS) is 18.2. The van der Waals surface area contributed by atoms with Crippen molar-refractivity contribution >= 4 is 27.4 Å². The summed E-state index contributed by atoms with van der Waals surface area (Å²) >= 11 is 1.82. The van der Waals surface area contributed by atoms with Crippen molar-refractivity contribution in [2.24, 2.45) is 5.92 Å². The maximum absolute atomic E-state index is 9.24. The fourth-order valence-corrected chi connectivity index (χ4v) is 4.38.